The van der Waals surface area contributed by atoms with E-state index in [-0.39, 0.29) is 41.5 Å². The lowest BCUT2D eigenvalue weighted by Gasteiger charge is -2.31. The van der Waals surface area contributed by atoms with Crippen molar-refractivity contribution in [2.24, 2.45) is 0 Å². The second-order valence-corrected chi connectivity index (χ2v) is 14.5. The van der Waals surface area contributed by atoms with E-state index in [4.69, 9.17) is 14.9 Å². The van der Waals surface area contributed by atoms with Crippen molar-refractivity contribution in [2.45, 2.75) is 78.6 Å². The fraction of sp³-hybridized carbons (Fsp3) is 0.459. The molecule has 0 radical (unpaired) electrons. The van der Waals surface area contributed by atoms with Crippen LogP contribution in [-0.4, -0.2) is 85.8 Å². The van der Waals surface area contributed by atoms with Crippen LogP contribution in [0.25, 0.3) is 33.9 Å². The van der Waals surface area contributed by atoms with E-state index in [9.17, 15) is 9.90 Å². The number of rotatable bonds is 6. The summed E-state index contributed by atoms with van der Waals surface area (Å²) in [5.74, 6) is -0.700. The molecule has 1 amide bonds. The first-order valence-electron chi connectivity index (χ1n) is 16.6. The zero-order chi connectivity index (χ0) is 35.7. The predicted molar refractivity (Wildman–Crippen MR) is 186 cm³/mol. The van der Waals surface area contributed by atoms with Gasteiger partial charge in [0.15, 0.2) is 11.6 Å². The van der Waals surface area contributed by atoms with Gasteiger partial charge in [-0.1, -0.05) is 24.3 Å². The van der Waals surface area contributed by atoms with Gasteiger partial charge < -0.3 is 28.9 Å². The molecule has 1 aromatic heterocycles. The number of benzene rings is 2. The van der Waals surface area contributed by atoms with Gasteiger partial charge in [0.1, 0.15) is 22.8 Å². The van der Waals surface area contributed by atoms with Gasteiger partial charge in [-0.15, -0.1) is 10.2 Å². The third kappa shape index (κ3) is 8.36. The Hall–Kier alpha value is -4.58. The van der Waals surface area contributed by atoms with Gasteiger partial charge in [-0.2, -0.15) is 0 Å². The summed E-state index contributed by atoms with van der Waals surface area (Å²) in [6.07, 6.45) is 4.64. The zero-order valence-corrected chi connectivity index (χ0v) is 29.3. The number of carbonyl (C=O) groups excluding carboxylic acids is 1. The Morgan fingerprint density at radius 3 is 1.69 bits per heavy atom. The highest BCUT2D eigenvalue weighted by Crippen LogP contribution is 2.34. The van der Waals surface area contributed by atoms with Crippen molar-refractivity contribution in [3.05, 3.63) is 71.3 Å². The SMILES string of the molecule is CC(CO)n1c(-c2ccc(C3=CCN(C(=N)OC(C)(C)C)CC3)cc2F)nnc1-c1ccc(C2=CCN(C(=O)OC(C)(C)C)CC2)cc1F. The first-order valence-corrected chi connectivity index (χ1v) is 16.6. The van der Waals surface area contributed by atoms with Crippen LogP contribution in [0, 0.1) is 17.0 Å². The number of amides is 1. The average Bonchev–Trinajstić information content (AvgIpc) is 3.47. The van der Waals surface area contributed by atoms with Crippen molar-refractivity contribution in [3.63, 3.8) is 0 Å². The Balaban J connectivity index is 1.37. The molecular formula is C37H46F2N6O4. The van der Waals surface area contributed by atoms with E-state index in [1.807, 2.05) is 64.7 Å². The van der Waals surface area contributed by atoms with Gasteiger partial charge in [-0.05, 0) is 108 Å². The van der Waals surface area contributed by atoms with E-state index in [1.54, 1.807) is 34.6 Å². The molecule has 2 aliphatic heterocycles. The predicted octanol–water partition coefficient (Wildman–Crippen LogP) is 7.31. The van der Waals surface area contributed by atoms with Crippen LogP contribution in [-0.2, 0) is 9.47 Å². The van der Waals surface area contributed by atoms with Crippen LogP contribution in [0.2, 0.25) is 0 Å². The summed E-state index contributed by atoms with van der Waals surface area (Å²) < 4.78 is 44.3. The Kier molecular flexibility index (Phi) is 10.3. The molecule has 3 heterocycles. The van der Waals surface area contributed by atoms with Crippen molar-refractivity contribution in [2.75, 3.05) is 32.8 Å². The molecule has 0 saturated carbocycles. The van der Waals surface area contributed by atoms with Gasteiger partial charge in [0.2, 0.25) is 0 Å². The summed E-state index contributed by atoms with van der Waals surface area (Å²) in [4.78, 5) is 15.9. The molecule has 0 fully saturated rings. The fourth-order valence-corrected chi connectivity index (χ4v) is 5.84. The molecule has 0 saturated heterocycles. The number of aliphatic hydroxyl groups excluding tert-OH is 1. The van der Waals surface area contributed by atoms with Gasteiger partial charge in [0, 0.05) is 26.2 Å². The minimum absolute atomic E-state index is 0.112. The largest absolute Gasteiger partial charge is 0.460 e. The van der Waals surface area contributed by atoms with E-state index in [0.717, 1.165) is 16.7 Å². The number of hydrogen-bond acceptors (Lipinski definition) is 7. The van der Waals surface area contributed by atoms with Crippen molar-refractivity contribution in [3.8, 4) is 22.8 Å². The molecule has 3 aromatic rings. The molecular weight excluding hydrogens is 630 g/mol. The average molecular weight is 677 g/mol. The number of nitrogens with zero attached hydrogens (tertiary/aromatic N) is 5. The second kappa shape index (κ2) is 14.1. The Morgan fingerprint density at radius 2 is 1.31 bits per heavy atom. The molecule has 2 N–H and O–H groups in total. The van der Waals surface area contributed by atoms with E-state index in [0.29, 0.717) is 44.6 Å². The van der Waals surface area contributed by atoms with Crippen LogP contribution in [0.3, 0.4) is 0 Å². The Labute approximate surface area is 286 Å². The fourth-order valence-electron chi connectivity index (χ4n) is 5.84. The molecule has 262 valence electrons. The Bertz CT molecular complexity index is 1660. The molecule has 0 aliphatic carbocycles. The van der Waals surface area contributed by atoms with Crippen LogP contribution in [0.4, 0.5) is 13.6 Å². The van der Waals surface area contributed by atoms with Crippen molar-refractivity contribution in [1.29, 1.82) is 5.41 Å². The molecule has 0 bridgehead atoms. The summed E-state index contributed by atoms with van der Waals surface area (Å²) in [6, 6.07) is 9.27. The maximum atomic E-state index is 15.8. The lowest BCUT2D eigenvalue weighted by atomic mass is 9.97. The first kappa shape index (κ1) is 35.7. The van der Waals surface area contributed by atoms with Gasteiger partial charge in [0.25, 0.3) is 6.02 Å². The monoisotopic (exact) mass is 676 g/mol. The van der Waals surface area contributed by atoms with Crippen molar-refractivity contribution < 1.29 is 28.2 Å². The molecule has 2 aliphatic rings. The minimum Gasteiger partial charge on any atom is -0.460 e. The molecule has 5 rings (SSSR count). The lowest BCUT2D eigenvalue weighted by molar-refractivity contribution is 0.0270. The zero-order valence-electron chi connectivity index (χ0n) is 29.3. The molecule has 12 heteroatoms. The number of ether oxygens (including phenoxy) is 2. The van der Waals surface area contributed by atoms with E-state index >= 15 is 8.78 Å². The maximum Gasteiger partial charge on any atom is 0.410 e. The molecule has 1 unspecified atom stereocenters. The van der Waals surface area contributed by atoms with Crippen LogP contribution in [0.1, 0.15) is 78.5 Å². The summed E-state index contributed by atoms with van der Waals surface area (Å²) >= 11 is 0. The molecule has 10 nitrogen and oxygen atoms in total. The molecule has 0 spiro atoms. The normalized spacial score (nSPS) is 16.2. The van der Waals surface area contributed by atoms with E-state index in [2.05, 4.69) is 10.2 Å². The lowest BCUT2D eigenvalue weighted by Crippen LogP contribution is -2.39. The molecule has 2 aromatic carbocycles. The highest BCUT2D eigenvalue weighted by Gasteiger charge is 2.27. The van der Waals surface area contributed by atoms with Crippen LogP contribution >= 0.6 is 0 Å². The summed E-state index contributed by atoms with van der Waals surface area (Å²) in [5, 5.41) is 26.9. The Morgan fingerprint density at radius 1 is 0.837 bits per heavy atom. The van der Waals surface area contributed by atoms with Crippen LogP contribution in [0.15, 0.2) is 48.6 Å². The van der Waals surface area contributed by atoms with Gasteiger partial charge in [-0.25, -0.2) is 13.6 Å². The standard InChI is InChI=1S/C37H46F2N6O4/c1-23(22-46)45-32(28-10-8-26(20-30(28)38)24-12-16-43(17-13-24)34(40)48-36(2,3)4)41-42-33(45)29-11-9-27(21-31(29)39)25-14-18-44(19-15-25)35(47)49-37(5,6)7/h8-12,14,20-21,23,40,46H,13,15-19,22H2,1-7H3. The van der Waals surface area contributed by atoms with Crippen molar-refractivity contribution >= 4 is 23.3 Å². The number of aromatic nitrogens is 3. The number of amidine groups is 1. The third-order valence-electron chi connectivity index (χ3n) is 8.32. The smallest absolute Gasteiger partial charge is 0.410 e. The van der Waals surface area contributed by atoms with Gasteiger partial charge in [0.05, 0.1) is 23.8 Å². The molecule has 49 heavy (non-hydrogen) atoms. The van der Waals surface area contributed by atoms with E-state index in [1.165, 1.54) is 12.1 Å². The van der Waals surface area contributed by atoms with Crippen LogP contribution in [0.5, 0.6) is 0 Å². The second-order valence-electron chi connectivity index (χ2n) is 14.5. The molecule has 1 atom stereocenters. The van der Waals surface area contributed by atoms with Gasteiger partial charge in [-0.3, -0.25) is 5.41 Å². The number of halogens is 2. The van der Waals surface area contributed by atoms with Gasteiger partial charge >= 0.3 is 6.09 Å². The topological polar surface area (TPSA) is 117 Å². The summed E-state index contributed by atoms with van der Waals surface area (Å²) in [5.41, 5.74) is 2.58. The summed E-state index contributed by atoms with van der Waals surface area (Å²) in [6.45, 7) is 14.5. The van der Waals surface area contributed by atoms with Crippen LogP contribution < -0.4 is 0 Å². The van der Waals surface area contributed by atoms with Crippen molar-refractivity contribution in [1.82, 2.24) is 24.6 Å². The number of hydrogen-bond donors (Lipinski definition) is 2. The quantitative estimate of drug-likeness (QED) is 0.208. The maximum absolute atomic E-state index is 15.8. The third-order valence-corrected chi connectivity index (χ3v) is 8.32. The van der Waals surface area contributed by atoms with E-state index < -0.39 is 28.9 Å². The highest BCUT2D eigenvalue weighted by molar-refractivity contribution is 5.76. The minimum atomic E-state index is -0.589. The highest BCUT2D eigenvalue weighted by atomic mass is 19.1. The number of nitrogens with one attached hydrogen (secondary N) is 1. The number of aliphatic hydroxyl groups is 1. The first-order chi connectivity index (χ1) is 23.0. The summed E-state index contributed by atoms with van der Waals surface area (Å²) in [7, 11) is 0. The number of carbonyl (C=O) groups is 1.